The van der Waals surface area contributed by atoms with E-state index >= 15 is 0 Å². The molecule has 0 aromatic carbocycles. The topological polar surface area (TPSA) is 78.9 Å². The maximum atomic E-state index is 12.9. The SMILES string of the molecule is CC/C=C\C/C=C\C/C=C\C/C=C\C/C=C\C/C=C\CCCCC(=O)OCC(COC(=O)CCCCCCCCCCC/C=C\CCCCCCCC)OC(=O)CCCCCCCCCCC/C=C\CCCCCCCC. The first-order valence-electron chi connectivity index (χ1n) is 32.7. The first kappa shape index (κ1) is 73.3. The second-order valence-corrected chi connectivity index (χ2v) is 21.6. The van der Waals surface area contributed by atoms with Gasteiger partial charge in [0, 0.05) is 19.3 Å². The van der Waals surface area contributed by atoms with Gasteiger partial charge in [0.25, 0.3) is 0 Å². The van der Waals surface area contributed by atoms with Crippen LogP contribution in [0.1, 0.15) is 316 Å². The summed E-state index contributed by atoms with van der Waals surface area (Å²) in [5, 5.41) is 0. The molecule has 0 amide bonds. The molecule has 0 spiro atoms. The van der Waals surface area contributed by atoms with E-state index in [1.54, 1.807) is 0 Å². The van der Waals surface area contributed by atoms with Crippen LogP contribution in [0.25, 0.3) is 0 Å². The number of allylic oxidation sites excluding steroid dienone is 16. The Balaban J connectivity index is 4.46. The summed E-state index contributed by atoms with van der Waals surface area (Å²) in [4.78, 5) is 38.4. The van der Waals surface area contributed by atoms with E-state index in [0.717, 1.165) is 96.3 Å². The van der Waals surface area contributed by atoms with E-state index in [4.69, 9.17) is 14.2 Å². The monoisotopic (exact) mass is 1070 g/mol. The van der Waals surface area contributed by atoms with Crippen molar-refractivity contribution in [3.8, 4) is 0 Å². The van der Waals surface area contributed by atoms with E-state index in [1.807, 2.05) is 0 Å². The van der Waals surface area contributed by atoms with Gasteiger partial charge in [-0.3, -0.25) is 14.4 Å². The number of hydrogen-bond donors (Lipinski definition) is 0. The quantitative estimate of drug-likeness (QED) is 0.0261. The summed E-state index contributed by atoms with van der Waals surface area (Å²) in [5.41, 5.74) is 0. The molecule has 0 radical (unpaired) electrons. The minimum absolute atomic E-state index is 0.0923. The molecular weight excluding hydrogens is 949 g/mol. The van der Waals surface area contributed by atoms with Crippen LogP contribution in [0.3, 0.4) is 0 Å². The average Bonchev–Trinajstić information content (AvgIpc) is 3.43. The maximum absolute atomic E-state index is 12.9. The Bertz CT molecular complexity index is 1510. The molecule has 77 heavy (non-hydrogen) atoms. The fourth-order valence-corrected chi connectivity index (χ4v) is 9.14. The molecule has 0 aromatic rings. The van der Waals surface area contributed by atoms with Crippen molar-refractivity contribution in [2.24, 2.45) is 0 Å². The lowest BCUT2D eigenvalue weighted by Crippen LogP contribution is -2.30. The van der Waals surface area contributed by atoms with Gasteiger partial charge in [-0.05, 0) is 122 Å². The zero-order valence-electron chi connectivity index (χ0n) is 50.7. The smallest absolute Gasteiger partial charge is 0.306 e. The molecule has 1 unspecified atom stereocenters. The van der Waals surface area contributed by atoms with Gasteiger partial charge in [0.1, 0.15) is 13.2 Å². The summed E-state index contributed by atoms with van der Waals surface area (Å²) in [6, 6.07) is 0. The average molecular weight is 1070 g/mol. The molecule has 0 heterocycles. The zero-order valence-corrected chi connectivity index (χ0v) is 50.7. The van der Waals surface area contributed by atoms with Crippen LogP contribution in [0.5, 0.6) is 0 Å². The van der Waals surface area contributed by atoms with E-state index in [1.165, 1.54) is 180 Å². The Kier molecular flexibility index (Phi) is 61.8. The molecule has 0 bridgehead atoms. The molecule has 0 saturated heterocycles. The maximum Gasteiger partial charge on any atom is 0.306 e. The third kappa shape index (κ3) is 63.0. The van der Waals surface area contributed by atoms with Gasteiger partial charge < -0.3 is 14.2 Å². The molecule has 442 valence electrons. The Morgan fingerprint density at radius 3 is 0.831 bits per heavy atom. The first-order valence-corrected chi connectivity index (χ1v) is 32.7. The highest BCUT2D eigenvalue weighted by molar-refractivity contribution is 5.71. The minimum atomic E-state index is -0.800. The lowest BCUT2D eigenvalue weighted by molar-refractivity contribution is -0.167. The largest absolute Gasteiger partial charge is 0.462 e. The van der Waals surface area contributed by atoms with Crippen LogP contribution < -0.4 is 0 Å². The Morgan fingerprint density at radius 1 is 0.273 bits per heavy atom. The molecular formula is C71H122O6. The molecule has 0 fully saturated rings. The van der Waals surface area contributed by atoms with E-state index in [2.05, 4.69) is 118 Å². The van der Waals surface area contributed by atoms with Gasteiger partial charge in [-0.15, -0.1) is 0 Å². The number of carbonyl (C=O) groups is 3. The van der Waals surface area contributed by atoms with Crippen molar-refractivity contribution >= 4 is 17.9 Å². The van der Waals surface area contributed by atoms with Crippen LogP contribution in [0.15, 0.2) is 97.2 Å². The molecule has 1 atom stereocenters. The summed E-state index contributed by atoms with van der Waals surface area (Å²) in [7, 11) is 0. The first-order chi connectivity index (χ1) is 38.0. The van der Waals surface area contributed by atoms with Gasteiger partial charge in [-0.1, -0.05) is 272 Å². The molecule has 0 aliphatic rings. The van der Waals surface area contributed by atoms with Crippen molar-refractivity contribution in [3.63, 3.8) is 0 Å². The molecule has 0 N–H and O–H groups in total. The van der Waals surface area contributed by atoms with E-state index in [0.29, 0.717) is 19.3 Å². The van der Waals surface area contributed by atoms with Crippen LogP contribution in [0.2, 0.25) is 0 Å². The molecule has 0 aliphatic carbocycles. The van der Waals surface area contributed by atoms with Gasteiger partial charge >= 0.3 is 17.9 Å². The minimum Gasteiger partial charge on any atom is -0.462 e. The summed E-state index contributed by atoms with van der Waals surface area (Å²) in [6.45, 7) is 6.51. The highest BCUT2D eigenvalue weighted by Crippen LogP contribution is 2.16. The Labute approximate surface area is 477 Å². The van der Waals surface area contributed by atoms with Crippen molar-refractivity contribution in [1.82, 2.24) is 0 Å². The number of hydrogen-bond acceptors (Lipinski definition) is 6. The second kappa shape index (κ2) is 64.9. The fourth-order valence-electron chi connectivity index (χ4n) is 9.14. The molecule has 6 heteroatoms. The van der Waals surface area contributed by atoms with Gasteiger partial charge in [0.2, 0.25) is 0 Å². The van der Waals surface area contributed by atoms with E-state index in [-0.39, 0.29) is 31.1 Å². The molecule has 0 aliphatic heterocycles. The normalized spacial score (nSPS) is 12.7. The van der Waals surface area contributed by atoms with Crippen molar-refractivity contribution in [2.75, 3.05) is 13.2 Å². The summed E-state index contributed by atoms with van der Waals surface area (Å²) < 4.78 is 16.9. The second-order valence-electron chi connectivity index (χ2n) is 21.6. The van der Waals surface area contributed by atoms with Crippen molar-refractivity contribution in [3.05, 3.63) is 97.2 Å². The predicted octanol–water partition coefficient (Wildman–Crippen LogP) is 22.4. The van der Waals surface area contributed by atoms with E-state index in [9.17, 15) is 14.4 Å². The molecule has 6 nitrogen and oxygen atoms in total. The van der Waals surface area contributed by atoms with Crippen LogP contribution in [0, 0.1) is 0 Å². The van der Waals surface area contributed by atoms with Crippen LogP contribution >= 0.6 is 0 Å². The third-order valence-electron chi connectivity index (χ3n) is 14.0. The van der Waals surface area contributed by atoms with Crippen molar-refractivity contribution < 1.29 is 28.6 Å². The lowest BCUT2D eigenvalue weighted by atomic mass is 10.1. The van der Waals surface area contributed by atoms with Gasteiger partial charge in [0.15, 0.2) is 6.10 Å². The molecule has 0 aromatic heterocycles. The highest BCUT2D eigenvalue weighted by atomic mass is 16.6. The Hall–Kier alpha value is -3.67. The summed E-state index contributed by atoms with van der Waals surface area (Å²) in [6.07, 6.45) is 87.0. The summed E-state index contributed by atoms with van der Waals surface area (Å²) >= 11 is 0. The fraction of sp³-hybridized carbons (Fsp3) is 0.732. The van der Waals surface area contributed by atoms with Crippen molar-refractivity contribution in [1.29, 1.82) is 0 Å². The van der Waals surface area contributed by atoms with E-state index < -0.39 is 6.10 Å². The zero-order chi connectivity index (χ0) is 55.7. The Morgan fingerprint density at radius 2 is 0.506 bits per heavy atom. The van der Waals surface area contributed by atoms with Crippen LogP contribution in [-0.2, 0) is 28.6 Å². The number of esters is 3. The van der Waals surface area contributed by atoms with Crippen molar-refractivity contribution in [2.45, 2.75) is 322 Å². The van der Waals surface area contributed by atoms with Gasteiger partial charge in [-0.25, -0.2) is 0 Å². The van der Waals surface area contributed by atoms with Crippen LogP contribution in [0.4, 0.5) is 0 Å². The predicted molar refractivity (Wildman–Crippen MR) is 334 cm³/mol. The number of ether oxygens (including phenoxy) is 3. The molecule has 0 saturated carbocycles. The number of unbranched alkanes of at least 4 members (excludes halogenated alkanes) is 32. The summed E-state index contributed by atoms with van der Waals surface area (Å²) in [5.74, 6) is -0.930. The van der Waals surface area contributed by atoms with Gasteiger partial charge in [-0.2, -0.15) is 0 Å². The third-order valence-corrected chi connectivity index (χ3v) is 14.0. The number of rotatable bonds is 59. The number of carbonyl (C=O) groups excluding carboxylic acids is 3. The molecule has 0 rings (SSSR count). The standard InChI is InChI=1S/C71H122O6/c1-4-7-10-13-16-19-22-25-28-31-34-35-38-40-43-46-49-52-55-58-61-64-70(73)76-67-68(77-71(74)65-62-59-56-53-50-47-44-41-37-33-30-27-24-21-18-15-12-9-6-3)66-75-69(72)63-60-57-54-51-48-45-42-39-36-32-29-26-23-20-17-14-11-8-5-2/h7,10,16,19,25-30,34-35,40,43,49,52,68H,4-6,8-9,11-15,17-18,20-24,31-33,36-39,41-42,44-48,50-51,53-67H2,1-3H3/b10-7-,19-16-,28-25-,29-26-,30-27-,35-34-,43-40-,52-49-. The van der Waals surface area contributed by atoms with Gasteiger partial charge in [0.05, 0.1) is 0 Å². The lowest BCUT2D eigenvalue weighted by Gasteiger charge is -2.18. The highest BCUT2D eigenvalue weighted by Gasteiger charge is 2.19. The van der Waals surface area contributed by atoms with Crippen LogP contribution in [-0.4, -0.2) is 37.2 Å².